The summed E-state index contributed by atoms with van der Waals surface area (Å²) in [6.45, 7) is 3.85. The number of amides is 1. The van der Waals surface area contributed by atoms with E-state index in [-0.39, 0.29) is 5.91 Å². The zero-order valence-corrected chi connectivity index (χ0v) is 19.0. The van der Waals surface area contributed by atoms with Gasteiger partial charge in [0.1, 0.15) is 0 Å². The zero-order chi connectivity index (χ0) is 22.3. The third-order valence-electron chi connectivity index (χ3n) is 5.69. The van der Waals surface area contributed by atoms with Crippen molar-refractivity contribution < 1.29 is 4.79 Å². The highest BCUT2D eigenvalue weighted by molar-refractivity contribution is 6.31. The monoisotopic (exact) mass is 442 g/mol. The highest BCUT2D eigenvalue weighted by atomic mass is 35.5. The predicted octanol–water partition coefficient (Wildman–Crippen LogP) is 6.59. The average Bonchev–Trinajstić information content (AvgIpc) is 3.27. The summed E-state index contributed by atoms with van der Waals surface area (Å²) in [5.74, 6) is 0.0296. The van der Waals surface area contributed by atoms with Crippen LogP contribution >= 0.6 is 11.6 Å². The van der Waals surface area contributed by atoms with Gasteiger partial charge in [-0.1, -0.05) is 79.2 Å². The van der Waals surface area contributed by atoms with Crippen LogP contribution in [0.4, 0.5) is 0 Å². The lowest BCUT2D eigenvalue weighted by molar-refractivity contribution is 0.0726. The molecule has 0 radical (unpaired) electrons. The number of aromatic nitrogens is 1. The van der Waals surface area contributed by atoms with Crippen LogP contribution in [0, 0.1) is 0 Å². The first-order valence-corrected chi connectivity index (χ1v) is 11.3. The Kier molecular flexibility index (Phi) is 7.08. The quantitative estimate of drug-likeness (QED) is 0.302. The fourth-order valence-electron chi connectivity index (χ4n) is 3.82. The van der Waals surface area contributed by atoms with Crippen LogP contribution in [0.3, 0.4) is 0 Å². The Bertz CT molecular complexity index is 1170. The molecule has 0 aliphatic rings. The number of benzene rings is 3. The fourth-order valence-corrected chi connectivity index (χ4v) is 4.02. The molecule has 4 rings (SSSR count). The molecule has 4 heteroatoms. The maximum atomic E-state index is 13.5. The van der Waals surface area contributed by atoms with Gasteiger partial charge in [0.05, 0.1) is 6.54 Å². The van der Waals surface area contributed by atoms with Crippen molar-refractivity contribution in [2.45, 2.75) is 33.0 Å². The van der Waals surface area contributed by atoms with Gasteiger partial charge in [-0.05, 0) is 53.4 Å². The first-order chi connectivity index (χ1) is 15.6. The van der Waals surface area contributed by atoms with E-state index in [0.29, 0.717) is 25.2 Å². The second-order valence-corrected chi connectivity index (χ2v) is 8.32. The third kappa shape index (κ3) is 5.30. The van der Waals surface area contributed by atoms with Crippen molar-refractivity contribution in [3.8, 4) is 0 Å². The lowest BCUT2D eigenvalue weighted by Crippen LogP contribution is -2.31. The molecule has 1 aromatic heterocycles. The van der Waals surface area contributed by atoms with Crippen LogP contribution in [0.15, 0.2) is 97.2 Å². The van der Waals surface area contributed by atoms with Gasteiger partial charge in [-0.2, -0.15) is 0 Å². The molecule has 0 fully saturated rings. The Labute approximate surface area is 194 Å². The van der Waals surface area contributed by atoms with E-state index in [2.05, 4.69) is 29.7 Å². The molecule has 0 unspecified atom stereocenters. The summed E-state index contributed by atoms with van der Waals surface area (Å²) in [5, 5.41) is 0.750. The molecule has 0 N–H and O–H groups in total. The maximum absolute atomic E-state index is 13.5. The van der Waals surface area contributed by atoms with Crippen molar-refractivity contribution in [2.75, 3.05) is 0 Å². The normalized spacial score (nSPS) is 10.8. The van der Waals surface area contributed by atoms with Gasteiger partial charge in [0.15, 0.2) is 0 Å². The van der Waals surface area contributed by atoms with Gasteiger partial charge in [-0.3, -0.25) is 4.79 Å². The Morgan fingerprint density at radius 1 is 0.812 bits per heavy atom. The second-order valence-electron chi connectivity index (χ2n) is 7.92. The van der Waals surface area contributed by atoms with Crippen molar-refractivity contribution in [2.24, 2.45) is 0 Å². The number of rotatable bonds is 8. The molecule has 0 spiro atoms. The molecule has 1 heterocycles. The smallest absolute Gasteiger partial charge is 0.254 e. The van der Waals surface area contributed by atoms with Crippen LogP contribution in [0.2, 0.25) is 5.02 Å². The van der Waals surface area contributed by atoms with Crippen LogP contribution < -0.4 is 0 Å². The van der Waals surface area contributed by atoms with Crippen molar-refractivity contribution in [1.29, 1.82) is 0 Å². The molecule has 1 amide bonds. The van der Waals surface area contributed by atoms with Crippen molar-refractivity contribution in [1.82, 2.24) is 9.47 Å². The Morgan fingerprint density at radius 2 is 1.53 bits per heavy atom. The van der Waals surface area contributed by atoms with Crippen LogP contribution in [0.1, 0.15) is 39.7 Å². The molecular weight excluding hydrogens is 416 g/mol. The maximum Gasteiger partial charge on any atom is 0.254 e. The Hall–Kier alpha value is -3.30. The molecule has 32 heavy (non-hydrogen) atoms. The number of hydrogen-bond donors (Lipinski definition) is 0. The summed E-state index contributed by atoms with van der Waals surface area (Å²) < 4.78 is 2.16. The highest BCUT2D eigenvalue weighted by Crippen LogP contribution is 2.20. The van der Waals surface area contributed by atoms with Gasteiger partial charge in [-0.25, -0.2) is 0 Å². The molecule has 0 bridgehead atoms. The Balaban J connectivity index is 1.60. The molecule has 0 aliphatic heterocycles. The number of carbonyl (C=O) groups excluding carboxylic acids is 1. The van der Waals surface area contributed by atoms with Crippen molar-refractivity contribution in [3.05, 3.63) is 130 Å². The topological polar surface area (TPSA) is 25.2 Å². The number of carbonyl (C=O) groups is 1. The molecule has 3 nitrogen and oxygen atoms in total. The van der Waals surface area contributed by atoms with Crippen molar-refractivity contribution in [3.63, 3.8) is 0 Å². The minimum atomic E-state index is 0.0296. The highest BCUT2D eigenvalue weighted by Gasteiger charge is 2.18. The summed E-state index contributed by atoms with van der Waals surface area (Å²) >= 11 is 6.38. The summed E-state index contributed by atoms with van der Waals surface area (Å²) in [6.07, 6.45) is 3.00. The molecule has 0 aliphatic carbocycles. The first kappa shape index (κ1) is 21.9. The van der Waals surface area contributed by atoms with E-state index in [1.54, 1.807) is 0 Å². The molecular formula is C28H27ClN2O. The molecule has 162 valence electrons. The van der Waals surface area contributed by atoms with Crippen LogP contribution in [-0.4, -0.2) is 15.4 Å². The molecule has 0 saturated heterocycles. The Morgan fingerprint density at radius 3 is 2.25 bits per heavy atom. The van der Waals surface area contributed by atoms with E-state index >= 15 is 0 Å². The lowest BCUT2D eigenvalue weighted by atomic mass is 10.1. The van der Waals surface area contributed by atoms with Gasteiger partial charge in [0.2, 0.25) is 0 Å². The largest absolute Gasteiger partial charge is 0.345 e. The van der Waals surface area contributed by atoms with E-state index < -0.39 is 0 Å². The van der Waals surface area contributed by atoms with E-state index in [1.165, 1.54) is 5.56 Å². The van der Waals surface area contributed by atoms with Crippen LogP contribution in [0.25, 0.3) is 0 Å². The van der Waals surface area contributed by atoms with Gasteiger partial charge in [0.25, 0.3) is 5.91 Å². The van der Waals surface area contributed by atoms with Gasteiger partial charge in [0, 0.05) is 35.6 Å². The standard InChI is InChI=1S/C28H27ClN2O/c1-2-22-14-16-24(17-15-22)28(32)31(19-23-9-4-3-5-10-23)21-26-12-8-18-30(26)20-25-11-6-7-13-27(25)29/h3-18H,2,19-21H2,1H3. The second kappa shape index (κ2) is 10.3. The zero-order valence-electron chi connectivity index (χ0n) is 18.2. The van der Waals surface area contributed by atoms with Crippen LogP contribution in [-0.2, 0) is 26.1 Å². The SMILES string of the molecule is CCc1ccc(C(=O)N(Cc2ccccc2)Cc2cccn2Cc2ccccc2Cl)cc1. The van der Waals surface area contributed by atoms with Crippen LogP contribution in [0.5, 0.6) is 0 Å². The minimum Gasteiger partial charge on any atom is -0.345 e. The summed E-state index contributed by atoms with van der Waals surface area (Å²) in [6, 6.07) is 30.0. The average molecular weight is 443 g/mol. The minimum absolute atomic E-state index is 0.0296. The number of hydrogen-bond acceptors (Lipinski definition) is 1. The molecule has 0 saturated carbocycles. The predicted molar refractivity (Wildman–Crippen MR) is 131 cm³/mol. The number of aryl methyl sites for hydroxylation is 1. The lowest BCUT2D eigenvalue weighted by Gasteiger charge is -2.24. The number of halogens is 1. The summed E-state index contributed by atoms with van der Waals surface area (Å²) in [7, 11) is 0. The van der Waals surface area contributed by atoms with E-state index in [0.717, 1.165) is 28.3 Å². The first-order valence-electron chi connectivity index (χ1n) is 10.9. The molecule has 3 aromatic carbocycles. The molecule has 0 atom stereocenters. The number of nitrogens with zero attached hydrogens (tertiary/aromatic N) is 2. The molecule has 4 aromatic rings. The van der Waals surface area contributed by atoms with E-state index in [1.807, 2.05) is 83.9 Å². The van der Waals surface area contributed by atoms with Gasteiger partial charge in [-0.15, -0.1) is 0 Å². The summed E-state index contributed by atoms with van der Waals surface area (Å²) in [4.78, 5) is 15.4. The van der Waals surface area contributed by atoms with E-state index in [9.17, 15) is 4.79 Å². The van der Waals surface area contributed by atoms with Gasteiger partial charge >= 0.3 is 0 Å². The fraction of sp³-hybridized carbons (Fsp3) is 0.179. The third-order valence-corrected chi connectivity index (χ3v) is 6.06. The van der Waals surface area contributed by atoms with E-state index in [4.69, 9.17) is 11.6 Å². The summed E-state index contributed by atoms with van der Waals surface area (Å²) in [5.41, 5.74) is 5.17. The van der Waals surface area contributed by atoms with Crippen molar-refractivity contribution >= 4 is 17.5 Å². The van der Waals surface area contributed by atoms with Gasteiger partial charge < -0.3 is 9.47 Å².